The molecule has 0 fully saturated rings. The number of carboxylic acid groups (broad SMARTS) is 1. The van der Waals surface area contributed by atoms with Crippen LogP contribution in [0.1, 0.15) is 40.0 Å². The molecule has 0 spiro atoms. The highest BCUT2D eigenvalue weighted by atomic mass is 19.4. The summed E-state index contributed by atoms with van der Waals surface area (Å²) in [5.41, 5.74) is 0.320. The molecule has 2 heterocycles. The van der Waals surface area contributed by atoms with Crippen LogP contribution >= 0.6 is 0 Å². The second-order valence-electron chi connectivity index (χ2n) is 8.49. The van der Waals surface area contributed by atoms with Crippen LogP contribution in [0.15, 0.2) is 66.9 Å². The Balaban J connectivity index is 1.57. The number of pyridine rings is 1. The van der Waals surface area contributed by atoms with Crippen molar-refractivity contribution in [3.05, 3.63) is 89.2 Å². The normalized spacial score (nSPS) is 11.2. The van der Waals surface area contributed by atoms with Crippen molar-refractivity contribution in [1.29, 1.82) is 5.26 Å². The van der Waals surface area contributed by atoms with Gasteiger partial charge >= 0.3 is 12.1 Å². The Kier molecular flexibility index (Phi) is 8.15. The van der Waals surface area contributed by atoms with Crippen LogP contribution in [0.2, 0.25) is 0 Å². The second-order valence-corrected chi connectivity index (χ2v) is 8.49. The first-order chi connectivity index (χ1) is 18.7. The average Bonchev–Trinajstić information content (AvgIpc) is 3.38. The molecule has 2 aromatic carbocycles. The van der Waals surface area contributed by atoms with Crippen molar-refractivity contribution in [2.75, 3.05) is 6.61 Å². The molecule has 0 aliphatic rings. The van der Waals surface area contributed by atoms with Crippen LogP contribution < -0.4 is 9.47 Å². The number of hydrogen-bond acceptors (Lipinski definition) is 6. The number of para-hydroxylation sites is 1. The Morgan fingerprint density at radius 1 is 1.10 bits per heavy atom. The number of alkyl halides is 3. The van der Waals surface area contributed by atoms with Gasteiger partial charge in [0.25, 0.3) is 0 Å². The molecular formula is C28H23F3N4O4. The van der Waals surface area contributed by atoms with Crippen LogP contribution in [0.5, 0.6) is 11.5 Å². The van der Waals surface area contributed by atoms with Gasteiger partial charge in [0.05, 0.1) is 24.6 Å². The fourth-order valence-corrected chi connectivity index (χ4v) is 3.86. The number of halogens is 3. The highest BCUT2D eigenvalue weighted by Crippen LogP contribution is 2.35. The number of nitrogens with zero attached hydrogens (tertiary/aromatic N) is 4. The second kappa shape index (κ2) is 11.7. The zero-order chi connectivity index (χ0) is 28.0. The molecule has 0 aliphatic heterocycles. The van der Waals surface area contributed by atoms with E-state index in [-0.39, 0.29) is 12.4 Å². The molecule has 0 saturated heterocycles. The Morgan fingerprint density at radius 2 is 1.90 bits per heavy atom. The molecule has 0 aliphatic carbocycles. The largest absolute Gasteiger partial charge is 0.494 e. The van der Waals surface area contributed by atoms with Gasteiger partial charge in [-0.3, -0.25) is 0 Å². The molecule has 39 heavy (non-hydrogen) atoms. The van der Waals surface area contributed by atoms with Gasteiger partial charge in [0.2, 0.25) is 0 Å². The van der Waals surface area contributed by atoms with Crippen LogP contribution in [0.3, 0.4) is 0 Å². The smallest absolute Gasteiger partial charge is 0.434 e. The Bertz CT molecular complexity index is 1530. The molecule has 2 aromatic heterocycles. The first-order valence-corrected chi connectivity index (χ1v) is 11.9. The summed E-state index contributed by atoms with van der Waals surface area (Å²) < 4.78 is 53.3. The molecule has 0 radical (unpaired) electrons. The van der Waals surface area contributed by atoms with E-state index in [1.54, 1.807) is 30.3 Å². The zero-order valence-corrected chi connectivity index (χ0v) is 20.8. The molecule has 0 atom stereocenters. The van der Waals surface area contributed by atoms with Crippen molar-refractivity contribution < 1.29 is 32.5 Å². The number of carboxylic acids is 1. The van der Waals surface area contributed by atoms with Gasteiger partial charge in [-0.25, -0.2) is 14.5 Å². The predicted molar refractivity (Wildman–Crippen MR) is 135 cm³/mol. The minimum absolute atomic E-state index is 0.191. The van der Waals surface area contributed by atoms with E-state index >= 15 is 0 Å². The topological polar surface area (TPSA) is 110 Å². The highest BCUT2D eigenvalue weighted by molar-refractivity contribution is 5.89. The van der Waals surface area contributed by atoms with Gasteiger partial charge in [-0.1, -0.05) is 24.3 Å². The first kappa shape index (κ1) is 27.2. The number of benzene rings is 2. The SMILES string of the molecule is Cc1cc(OCCCC#N)ccc1COc1ccccc1-c1cccc(-n2ncc(C(=O)O)c2C(F)(F)F)n1. The lowest BCUT2D eigenvalue weighted by atomic mass is 10.1. The highest BCUT2D eigenvalue weighted by Gasteiger charge is 2.41. The monoisotopic (exact) mass is 536 g/mol. The molecule has 8 nitrogen and oxygen atoms in total. The first-order valence-electron chi connectivity index (χ1n) is 11.9. The summed E-state index contributed by atoms with van der Waals surface area (Å²) in [5, 5.41) is 21.5. The van der Waals surface area contributed by atoms with E-state index < -0.39 is 23.4 Å². The maximum Gasteiger partial charge on any atom is 0.434 e. The van der Waals surface area contributed by atoms with Crippen LogP contribution in [0.25, 0.3) is 17.1 Å². The molecule has 0 unspecified atom stereocenters. The summed E-state index contributed by atoms with van der Waals surface area (Å²) in [5.74, 6) is -0.777. The van der Waals surface area contributed by atoms with Crippen molar-refractivity contribution in [2.45, 2.75) is 32.5 Å². The molecule has 4 rings (SSSR count). The average molecular weight is 537 g/mol. The Morgan fingerprint density at radius 3 is 2.62 bits per heavy atom. The van der Waals surface area contributed by atoms with Crippen LogP contribution in [0, 0.1) is 18.3 Å². The number of carbonyl (C=O) groups is 1. The van der Waals surface area contributed by atoms with Gasteiger partial charge in [0, 0.05) is 12.0 Å². The number of unbranched alkanes of at least 4 members (excludes halogenated alkanes) is 1. The van der Waals surface area contributed by atoms with Crippen molar-refractivity contribution in [2.24, 2.45) is 0 Å². The van der Waals surface area contributed by atoms with E-state index in [9.17, 15) is 23.1 Å². The lowest BCUT2D eigenvalue weighted by Crippen LogP contribution is -2.18. The maximum absolute atomic E-state index is 13.7. The van der Waals surface area contributed by atoms with Crippen LogP contribution in [0.4, 0.5) is 13.2 Å². The molecule has 0 bridgehead atoms. The Labute approximate surface area is 221 Å². The predicted octanol–water partition coefficient (Wildman–Crippen LogP) is 6.22. The van der Waals surface area contributed by atoms with Crippen LogP contribution in [-0.2, 0) is 12.8 Å². The van der Waals surface area contributed by atoms with E-state index in [1.165, 1.54) is 12.1 Å². The van der Waals surface area contributed by atoms with Gasteiger partial charge < -0.3 is 14.6 Å². The third-order valence-electron chi connectivity index (χ3n) is 5.78. The number of aromatic nitrogens is 3. The summed E-state index contributed by atoms with van der Waals surface area (Å²) >= 11 is 0. The number of ether oxygens (including phenoxy) is 2. The van der Waals surface area contributed by atoms with Crippen molar-refractivity contribution in [3.63, 3.8) is 0 Å². The fourth-order valence-electron chi connectivity index (χ4n) is 3.86. The van der Waals surface area contributed by atoms with Gasteiger partial charge in [-0.05, 0) is 60.9 Å². The van der Waals surface area contributed by atoms with Gasteiger partial charge in [0.1, 0.15) is 23.7 Å². The number of rotatable bonds is 10. The number of aryl methyl sites for hydroxylation is 1. The van der Waals surface area contributed by atoms with Gasteiger partial charge in [-0.15, -0.1) is 0 Å². The lowest BCUT2D eigenvalue weighted by molar-refractivity contribution is -0.143. The molecule has 200 valence electrons. The third kappa shape index (κ3) is 6.35. The van der Waals surface area contributed by atoms with E-state index in [4.69, 9.17) is 14.7 Å². The summed E-state index contributed by atoms with van der Waals surface area (Å²) in [6.45, 7) is 2.59. The molecule has 0 amide bonds. The quantitative estimate of drug-likeness (QED) is 0.240. The summed E-state index contributed by atoms with van der Waals surface area (Å²) in [6, 6.07) is 19.1. The summed E-state index contributed by atoms with van der Waals surface area (Å²) in [4.78, 5) is 15.7. The zero-order valence-electron chi connectivity index (χ0n) is 20.8. The molecule has 11 heteroatoms. The maximum atomic E-state index is 13.7. The number of hydrogen-bond donors (Lipinski definition) is 1. The number of nitriles is 1. The molecule has 4 aromatic rings. The molecule has 0 saturated carbocycles. The minimum atomic E-state index is -4.96. The fraction of sp³-hybridized carbons (Fsp3) is 0.214. The van der Waals surface area contributed by atoms with Crippen molar-refractivity contribution >= 4 is 5.97 Å². The minimum Gasteiger partial charge on any atom is -0.494 e. The number of aromatic carboxylic acids is 1. The lowest BCUT2D eigenvalue weighted by Gasteiger charge is -2.15. The standard InChI is InChI=1S/C28H23F3N4O4/c1-18-15-20(38-14-5-4-13-32)12-11-19(18)17-39-24-9-3-2-7-21(24)23-8-6-10-25(34-23)35-26(28(29,30)31)22(16-33-35)27(36)37/h2-3,6-12,15-16H,4-5,14,17H2,1H3,(H,36,37). The summed E-state index contributed by atoms with van der Waals surface area (Å²) in [7, 11) is 0. The van der Waals surface area contributed by atoms with E-state index in [0.717, 1.165) is 11.1 Å². The van der Waals surface area contributed by atoms with Crippen LogP contribution in [-0.4, -0.2) is 32.4 Å². The Hall–Kier alpha value is -4.85. The van der Waals surface area contributed by atoms with Crippen molar-refractivity contribution in [3.8, 4) is 34.6 Å². The molecular weight excluding hydrogens is 513 g/mol. The molecule has 1 N–H and O–H groups in total. The van der Waals surface area contributed by atoms with E-state index in [0.29, 0.717) is 53.1 Å². The summed E-state index contributed by atoms with van der Waals surface area (Å²) in [6.07, 6.45) is -3.23. The third-order valence-corrected chi connectivity index (χ3v) is 5.78. The van der Waals surface area contributed by atoms with Crippen molar-refractivity contribution in [1.82, 2.24) is 14.8 Å². The van der Waals surface area contributed by atoms with E-state index in [2.05, 4.69) is 16.2 Å². The van der Waals surface area contributed by atoms with Gasteiger partial charge in [-0.2, -0.15) is 23.5 Å². The van der Waals surface area contributed by atoms with Gasteiger partial charge in [0.15, 0.2) is 11.5 Å². The van der Waals surface area contributed by atoms with E-state index in [1.807, 2.05) is 25.1 Å².